The molecule has 1 N–H and O–H groups in total. The molecule has 0 aliphatic carbocycles. The van der Waals surface area contributed by atoms with Crippen molar-refractivity contribution in [1.82, 2.24) is 0 Å². The molecule has 0 radical (unpaired) electrons. The van der Waals surface area contributed by atoms with Gasteiger partial charge < -0.3 is 10.2 Å². The number of nitrogens with one attached hydrogen (secondary N) is 1. The van der Waals surface area contributed by atoms with E-state index in [4.69, 9.17) is 0 Å². The molecule has 0 saturated carbocycles. The maximum absolute atomic E-state index is 3.52. The first kappa shape index (κ1) is 10.9. The van der Waals surface area contributed by atoms with E-state index < -0.39 is 0 Å². The Morgan fingerprint density at radius 3 is 2.82 bits per heavy atom. The van der Waals surface area contributed by atoms with Crippen LogP contribution in [0.1, 0.15) is 31.7 Å². The van der Waals surface area contributed by atoms with Crippen molar-refractivity contribution < 1.29 is 0 Å². The minimum Gasteiger partial charge on any atom is -0.385 e. The van der Waals surface area contributed by atoms with Gasteiger partial charge in [-0.25, -0.2) is 0 Å². The third kappa shape index (κ3) is 2.26. The summed E-state index contributed by atoms with van der Waals surface area (Å²) in [6, 6.07) is 6.96. The molecule has 1 saturated heterocycles. The van der Waals surface area contributed by atoms with E-state index >= 15 is 0 Å². The minimum absolute atomic E-state index is 0.763. The molecule has 2 heteroatoms. The summed E-state index contributed by atoms with van der Waals surface area (Å²) >= 11 is 0. The van der Waals surface area contributed by atoms with Crippen molar-refractivity contribution >= 4 is 11.4 Å². The SMILES string of the molecule is CC1CNc2ccc(N3CCCCC3)cc2C1. The maximum atomic E-state index is 3.52. The Morgan fingerprint density at radius 2 is 2.00 bits per heavy atom. The standard InChI is InChI=1S/C15H22N2/c1-12-9-13-10-14(5-6-15(13)16-11-12)17-7-3-2-4-8-17/h5-6,10,12,16H,2-4,7-9,11H2,1H3. The largest absolute Gasteiger partial charge is 0.385 e. The summed E-state index contributed by atoms with van der Waals surface area (Å²) in [4.78, 5) is 2.54. The summed E-state index contributed by atoms with van der Waals surface area (Å²) in [5.41, 5.74) is 4.29. The van der Waals surface area contributed by atoms with Gasteiger partial charge in [-0.15, -0.1) is 0 Å². The van der Waals surface area contributed by atoms with Gasteiger partial charge in [-0.2, -0.15) is 0 Å². The van der Waals surface area contributed by atoms with E-state index in [9.17, 15) is 0 Å². The first-order chi connectivity index (χ1) is 8.33. The normalized spacial score (nSPS) is 24.1. The van der Waals surface area contributed by atoms with Crippen LogP contribution in [-0.4, -0.2) is 19.6 Å². The van der Waals surface area contributed by atoms with Crippen molar-refractivity contribution in [2.45, 2.75) is 32.6 Å². The molecule has 0 amide bonds. The predicted octanol–water partition coefficient (Wildman–Crippen LogP) is 3.28. The predicted molar refractivity (Wildman–Crippen MR) is 73.9 cm³/mol. The van der Waals surface area contributed by atoms with E-state index in [1.54, 1.807) is 0 Å². The first-order valence-electron chi connectivity index (χ1n) is 6.95. The van der Waals surface area contributed by atoms with Crippen LogP contribution >= 0.6 is 0 Å². The molecule has 1 aromatic rings. The van der Waals surface area contributed by atoms with E-state index in [1.165, 1.54) is 55.7 Å². The highest BCUT2D eigenvalue weighted by Gasteiger charge is 2.17. The van der Waals surface area contributed by atoms with Gasteiger partial charge in [0.2, 0.25) is 0 Å². The minimum atomic E-state index is 0.763. The lowest BCUT2D eigenvalue weighted by Gasteiger charge is -2.31. The van der Waals surface area contributed by atoms with Crippen LogP contribution in [0, 0.1) is 5.92 Å². The molecule has 0 bridgehead atoms. The summed E-state index contributed by atoms with van der Waals surface area (Å²) in [7, 11) is 0. The zero-order valence-electron chi connectivity index (χ0n) is 10.7. The Bertz CT molecular complexity index is 394. The molecule has 2 heterocycles. The fourth-order valence-corrected chi connectivity index (χ4v) is 3.00. The second-order valence-electron chi connectivity index (χ2n) is 5.58. The molecule has 2 nitrogen and oxygen atoms in total. The van der Waals surface area contributed by atoms with Gasteiger partial charge in [0.05, 0.1) is 0 Å². The molecule has 0 aromatic heterocycles. The summed E-state index contributed by atoms with van der Waals surface area (Å²) in [6.07, 6.45) is 5.33. The van der Waals surface area contributed by atoms with Crippen LogP contribution in [0.15, 0.2) is 18.2 Å². The van der Waals surface area contributed by atoms with Gasteiger partial charge in [0, 0.05) is 31.0 Å². The van der Waals surface area contributed by atoms with Crippen LogP contribution in [0.3, 0.4) is 0 Å². The average Bonchev–Trinajstić information content (AvgIpc) is 2.39. The Balaban J connectivity index is 1.84. The summed E-state index contributed by atoms with van der Waals surface area (Å²) in [5.74, 6) is 0.763. The van der Waals surface area contributed by atoms with Crippen LogP contribution in [0.25, 0.3) is 0 Å². The Hall–Kier alpha value is -1.18. The van der Waals surface area contributed by atoms with Crippen LogP contribution in [0.4, 0.5) is 11.4 Å². The van der Waals surface area contributed by atoms with Crippen molar-refractivity contribution in [3.8, 4) is 0 Å². The molecule has 1 atom stereocenters. The fourth-order valence-electron chi connectivity index (χ4n) is 3.00. The molecule has 1 fully saturated rings. The molecule has 0 spiro atoms. The zero-order valence-corrected chi connectivity index (χ0v) is 10.7. The summed E-state index contributed by atoms with van der Waals surface area (Å²) in [5, 5.41) is 3.52. The van der Waals surface area contributed by atoms with Gasteiger partial charge in [0.1, 0.15) is 0 Å². The number of piperidine rings is 1. The highest BCUT2D eigenvalue weighted by molar-refractivity contribution is 5.62. The summed E-state index contributed by atoms with van der Waals surface area (Å²) in [6.45, 7) is 5.92. The monoisotopic (exact) mass is 230 g/mol. The molecule has 2 aliphatic rings. The van der Waals surface area contributed by atoms with Crippen molar-refractivity contribution in [3.05, 3.63) is 23.8 Å². The van der Waals surface area contributed by atoms with Gasteiger partial charge in [-0.3, -0.25) is 0 Å². The Kier molecular flexibility index (Phi) is 2.96. The molecule has 2 aliphatic heterocycles. The Labute approximate surface area is 104 Å². The summed E-state index contributed by atoms with van der Waals surface area (Å²) < 4.78 is 0. The van der Waals surface area contributed by atoms with Gasteiger partial charge in [-0.1, -0.05) is 6.92 Å². The van der Waals surface area contributed by atoms with E-state index in [-0.39, 0.29) is 0 Å². The molecule has 17 heavy (non-hydrogen) atoms. The number of rotatable bonds is 1. The van der Waals surface area contributed by atoms with E-state index in [0.717, 1.165) is 12.5 Å². The molecule has 3 rings (SSSR count). The second-order valence-corrected chi connectivity index (χ2v) is 5.58. The van der Waals surface area contributed by atoms with Crippen molar-refractivity contribution in [2.24, 2.45) is 5.92 Å². The highest BCUT2D eigenvalue weighted by atomic mass is 15.1. The van der Waals surface area contributed by atoms with Crippen LogP contribution in [-0.2, 0) is 6.42 Å². The third-order valence-electron chi connectivity index (χ3n) is 4.02. The van der Waals surface area contributed by atoms with Crippen molar-refractivity contribution in [1.29, 1.82) is 0 Å². The lowest BCUT2D eigenvalue weighted by molar-refractivity contribution is 0.575. The number of hydrogen-bond donors (Lipinski definition) is 1. The number of benzene rings is 1. The average molecular weight is 230 g/mol. The van der Waals surface area contributed by atoms with E-state index in [1.807, 2.05) is 0 Å². The number of fused-ring (bicyclic) bond motifs is 1. The van der Waals surface area contributed by atoms with Crippen LogP contribution in [0.2, 0.25) is 0 Å². The van der Waals surface area contributed by atoms with Gasteiger partial charge in [0.25, 0.3) is 0 Å². The number of hydrogen-bond acceptors (Lipinski definition) is 2. The first-order valence-corrected chi connectivity index (χ1v) is 6.95. The van der Waals surface area contributed by atoms with Gasteiger partial charge in [0.15, 0.2) is 0 Å². The van der Waals surface area contributed by atoms with Crippen molar-refractivity contribution in [2.75, 3.05) is 29.9 Å². The molecular weight excluding hydrogens is 208 g/mol. The van der Waals surface area contributed by atoms with Gasteiger partial charge >= 0.3 is 0 Å². The smallest absolute Gasteiger partial charge is 0.0374 e. The lowest BCUT2D eigenvalue weighted by Crippen LogP contribution is -2.29. The number of anilines is 2. The molecule has 1 aromatic carbocycles. The van der Waals surface area contributed by atoms with Gasteiger partial charge in [-0.05, 0) is 55.4 Å². The third-order valence-corrected chi connectivity index (χ3v) is 4.02. The lowest BCUT2D eigenvalue weighted by atomic mass is 9.95. The molecule has 1 unspecified atom stereocenters. The van der Waals surface area contributed by atoms with E-state index in [2.05, 4.69) is 35.3 Å². The molecular formula is C15H22N2. The topological polar surface area (TPSA) is 15.3 Å². The van der Waals surface area contributed by atoms with Crippen molar-refractivity contribution in [3.63, 3.8) is 0 Å². The quantitative estimate of drug-likeness (QED) is 0.796. The van der Waals surface area contributed by atoms with Crippen LogP contribution in [0.5, 0.6) is 0 Å². The second kappa shape index (κ2) is 4.59. The zero-order chi connectivity index (χ0) is 11.7. The number of nitrogens with zero attached hydrogens (tertiary/aromatic N) is 1. The highest BCUT2D eigenvalue weighted by Crippen LogP contribution is 2.30. The van der Waals surface area contributed by atoms with E-state index in [0.29, 0.717) is 0 Å². The maximum Gasteiger partial charge on any atom is 0.0374 e. The fraction of sp³-hybridized carbons (Fsp3) is 0.600. The van der Waals surface area contributed by atoms with Crippen LogP contribution < -0.4 is 10.2 Å². The molecule has 92 valence electrons. The Morgan fingerprint density at radius 1 is 1.18 bits per heavy atom.